The fraction of sp³-hybridized carbons (Fsp3) is 0.217. The Balaban J connectivity index is 1.29. The van der Waals surface area contributed by atoms with Crippen molar-refractivity contribution in [2.24, 2.45) is 0 Å². The monoisotopic (exact) mass is 391 g/mol. The van der Waals surface area contributed by atoms with Gasteiger partial charge in [0.15, 0.2) is 0 Å². The molecular weight excluding hydrogens is 370 g/mol. The Morgan fingerprint density at radius 3 is 2.54 bits per heavy atom. The van der Waals surface area contributed by atoms with Gasteiger partial charge in [0, 0.05) is 31.5 Å². The summed E-state index contributed by atoms with van der Waals surface area (Å²) >= 11 is 5.77. The lowest BCUT2D eigenvalue weighted by Gasteiger charge is -2.19. The average Bonchev–Trinajstić information content (AvgIpc) is 3.12. The highest BCUT2D eigenvalue weighted by Gasteiger charge is 2.18. The second-order valence-electron chi connectivity index (χ2n) is 7.06. The van der Waals surface area contributed by atoms with Crippen LogP contribution in [0.2, 0.25) is 5.15 Å². The van der Waals surface area contributed by atoms with Crippen molar-refractivity contribution < 1.29 is 4.79 Å². The maximum Gasteiger partial charge on any atom is 0.224 e. The van der Waals surface area contributed by atoms with E-state index < -0.39 is 0 Å². The Hall–Kier alpha value is -2.85. The molecule has 0 spiro atoms. The number of carbonyl (C=O) groups excluding carboxylic acids is 1. The zero-order valence-electron chi connectivity index (χ0n) is 15.6. The van der Waals surface area contributed by atoms with Crippen LogP contribution in [0.1, 0.15) is 22.3 Å². The molecule has 0 bridgehead atoms. The molecule has 1 aromatic heterocycles. The predicted octanol–water partition coefficient (Wildman–Crippen LogP) is 4.16. The van der Waals surface area contributed by atoms with Gasteiger partial charge in [-0.2, -0.15) is 0 Å². The Labute approximate surface area is 170 Å². The van der Waals surface area contributed by atoms with Gasteiger partial charge in [-0.05, 0) is 40.8 Å². The lowest BCUT2D eigenvalue weighted by molar-refractivity contribution is -0.120. The maximum atomic E-state index is 12.1. The van der Waals surface area contributed by atoms with E-state index in [0.29, 0.717) is 18.1 Å². The molecule has 4 nitrogen and oxygen atoms in total. The lowest BCUT2D eigenvalue weighted by Crippen LogP contribution is -2.24. The zero-order chi connectivity index (χ0) is 19.3. The van der Waals surface area contributed by atoms with E-state index in [1.54, 1.807) is 12.3 Å². The van der Waals surface area contributed by atoms with E-state index in [-0.39, 0.29) is 5.91 Å². The van der Waals surface area contributed by atoms with Gasteiger partial charge in [0.1, 0.15) is 5.15 Å². The van der Waals surface area contributed by atoms with Crippen LogP contribution < -0.4 is 10.2 Å². The zero-order valence-corrected chi connectivity index (χ0v) is 16.3. The van der Waals surface area contributed by atoms with E-state index in [1.165, 1.54) is 16.8 Å². The van der Waals surface area contributed by atoms with Gasteiger partial charge in [-0.1, -0.05) is 60.1 Å². The molecule has 4 rings (SSSR count). The average molecular weight is 392 g/mol. The van der Waals surface area contributed by atoms with Crippen molar-refractivity contribution in [1.82, 2.24) is 10.3 Å². The number of para-hydroxylation sites is 1. The molecule has 0 atom stereocenters. The summed E-state index contributed by atoms with van der Waals surface area (Å²) in [6.07, 6.45) is 3.05. The van der Waals surface area contributed by atoms with Crippen LogP contribution in [0.25, 0.3) is 0 Å². The van der Waals surface area contributed by atoms with Gasteiger partial charge in [0.25, 0.3) is 0 Å². The van der Waals surface area contributed by atoms with Crippen LogP contribution in [0.4, 0.5) is 5.69 Å². The van der Waals surface area contributed by atoms with Crippen molar-refractivity contribution >= 4 is 23.2 Å². The van der Waals surface area contributed by atoms with E-state index in [4.69, 9.17) is 11.6 Å². The van der Waals surface area contributed by atoms with Crippen molar-refractivity contribution in [2.45, 2.75) is 25.9 Å². The molecular formula is C23H22ClN3O. The Kier molecular flexibility index (Phi) is 5.58. The number of nitrogens with one attached hydrogen (secondary N) is 1. The Bertz CT molecular complexity index is 954. The molecule has 2 heterocycles. The predicted molar refractivity (Wildman–Crippen MR) is 112 cm³/mol. The number of halogens is 1. The van der Waals surface area contributed by atoms with Crippen LogP contribution in [0.3, 0.4) is 0 Å². The number of aromatic nitrogens is 1. The fourth-order valence-electron chi connectivity index (χ4n) is 3.51. The molecule has 1 amide bonds. The highest BCUT2D eigenvalue weighted by molar-refractivity contribution is 6.29. The molecule has 0 unspecified atom stereocenters. The summed E-state index contributed by atoms with van der Waals surface area (Å²) in [6.45, 7) is 2.50. The molecule has 1 N–H and O–H groups in total. The van der Waals surface area contributed by atoms with Crippen molar-refractivity contribution in [3.05, 3.63) is 94.3 Å². The first-order valence-corrected chi connectivity index (χ1v) is 9.83. The molecule has 1 aliphatic heterocycles. The Morgan fingerprint density at radius 2 is 1.75 bits per heavy atom. The normalized spacial score (nSPS) is 12.7. The fourth-order valence-corrected chi connectivity index (χ4v) is 3.63. The first kappa shape index (κ1) is 18.5. The van der Waals surface area contributed by atoms with Crippen molar-refractivity contribution in [3.63, 3.8) is 0 Å². The third-order valence-corrected chi connectivity index (χ3v) is 5.25. The summed E-state index contributed by atoms with van der Waals surface area (Å²) in [7, 11) is 0. The molecule has 5 heteroatoms. The molecule has 0 fully saturated rings. The molecule has 3 aromatic rings. The largest absolute Gasteiger partial charge is 0.367 e. The molecule has 1 aliphatic rings. The van der Waals surface area contributed by atoms with Gasteiger partial charge in [0.2, 0.25) is 5.91 Å². The van der Waals surface area contributed by atoms with Crippen molar-refractivity contribution in [3.8, 4) is 0 Å². The Morgan fingerprint density at radius 1 is 1.00 bits per heavy atom. The van der Waals surface area contributed by atoms with Gasteiger partial charge in [-0.15, -0.1) is 0 Å². The molecule has 0 radical (unpaired) electrons. The van der Waals surface area contributed by atoms with E-state index in [1.807, 2.05) is 6.07 Å². The summed E-state index contributed by atoms with van der Waals surface area (Å²) < 4.78 is 0. The minimum atomic E-state index is -0.0260. The van der Waals surface area contributed by atoms with Gasteiger partial charge >= 0.3 is 0 Å². The van der Waals surface area contributed by atoms with Crippen LogP contribution >= 0.6 is 11.6 Å². The smallest absolute Gasteiger partial charge is 0.224 e. The van der Waals surface area contributed by atoms with Crippen LogP contribution in [-0.4, -0.2) is 17.4 Å². The highest BCUT2D eigenvalue weighted by Crippen LogP contribution is 2.28. The van der Waals surface area contributed by atoms with Crippen molar-refractivity contribution in [1.29, 1.82) is 0 Å². The van der Waals surface area contributed by atoms with Crippen molar-refractivity contribution in [2.75, 3.05) is 11.4 Å². The topological polar surface area (TPSA) is 45.2 Å². The van der Waals surface area contributed by atoms with Crippen LogP contribution in [0.5, 0.6) is 0 Å². The third kappa shape index (κ3) is 4.52. The van der Waals surface area contributed by atoms with Gasteiger partial charge < -0.3 is 10.2 Å². The van der Waals surface area contributed by atoms with Gasteiger partial charge in [-0.3, -0.25) is 4.79 Å². The maximum absolute atomic E-state index is 12.1. The second kappa shape index (κ2) is 8.44. The number of rotatable bonds is 6. The number of nitrogens with zero attached hydrogens (tertiary/aromatic N) is 2. The molecule has 0 saturated heterocycles. The van der Waals surface area contributed by atoms with Gasteiger partial charge in [0.05, 0.1) is 6.42 Å². The number of amides is 1. The molecule has 0 saturated carbocycles. The molecule has 28 heavy (non-hydrogen) atoms. The number of hydrogen-bond donors (Lipinski definition) is 1. The van der Waals surface area contributed by atoms with E-state index in [0.717, 1.165) is 30.6 Å². The summed E-state index contributed by atoms with van der Waals surface area (Å²) in [6, 6.07) is 20.6. The van der Waals surface area contributed by atoms with E-state index in [9.17, 15) is 4.79 Å². The number of carbonyl (C=O) groups is 1. The van der Waals surface area contributed by atoms with E-state index in [2.05, 4.69) is 63.7 Å². The lowest BCUT2D eigenvalue weighted by atomic mass is 10.1. The minimum Gasteiger partial charge on any atom is -0.367 e. The number of hydrogen-bond acceptors (Lipinski definition) is 3. The molecule has 142 valence electrons. The quantitative estimate of drug-likeness (QED) is 0.642. The summed E-state index contributed by atoms with van der Waals surface area (Å²) in [5.41, 5.74) is 5.99. The van der Waals surface area contributed by atoms with Crippen LogP contribution in [0, 0.1) is 0 Å². The number of fused-ring (bicyclic) bond motifs is 1. The van der Waals surface area contributed by atoms with Crippen LogP contribution in [-0.2, 0) is 30.7 Å². The second-order valence-corrected chi connectivity index (χ2v) is 7.45. The SMILES string of the molecule is O=C(Cc1ccc(Cl)nc1)NCc1ccc(CN2CCc3ccccc32)cc1. The molecule has 2 aromatic carbocycles. The summed E-state index contributed by atoms with van der Waals surface area (Å²) in [4.78, 5) is 18.5. The van der Waals surface area contributed by atoms with E-state index >= 15 is 0 Å². The summed E-state index contributed by atoms with van der Waals surface area (Å²) in [5.74, 6) is -0.0260. The van der Waals surface area contributed by atoms with Gasteiger partial charge in [-0.25, -0.2) is 4.98 Å². The highest BCUT2D eigenvalue weighted by atomic mass is 35.5. The van der Waals surface area contributed by atoms with Crippen LogP contribution in [0.15, 0.2) is 66.9 Å². The number of pyridine rings is 1. The first-order chi connectivity index (χ1) is 13.7. The first-order valence-electron chi connectivity index (χ1n) is 9.45. The summed E-state index contributed by atoms with van der Waals surface area (Å²) in [5, 5.41) is 3.39. The number of anilines is 1. The third-order valence-electron chi connectivity index (χ3n) is 5.02. The number of benzene rings is 2. The minimum absolute atomic E-state index is 0.0260. The standard InChI is InChI=1S/C23H22ClN3O/c24-22-10-9-19(15-25-22)13-23(28)26-14-17-5-7-18(8-6-17)16-27-12-11-20-3-1-2-4-21(20)27/h1-10,15H,11-14,16H2,(H,26,28). The molecule has 0 aliphatic carbocycles.